The molecule has 0 saturated carbocycles. The third-order valence-corrected chi connectivity index (χ3v) is 9.28. The molecule has 2 unspecified atom stereocenters. The lowest BCUT2D eigenvalue weighted by Crippen LogP contribution is -2.20. The Morgan fingerprint density at radius 1 is 0.690 bits per heavy atom. The molecular formula is C40H58O2. The minimum Gasteiger partial charge on any atom is -0.376 e. The molecule has 0 radical (unpaired) electrons. The van der Waals surface area contributed by atoms with Crippen LogP contribution >= 0.6 is 0 Å². The van der Waals surface area contributed by atoms with Crippen molar-refractivity contribution in [1.82, 2.24) is 0 Å². The first-order valence-corrected chi connectivity index (χ1v) is 15.9. The molecule has 2 atom stereocenters. The number of allylic oxidation sites excluding steroid dienone is 14. The van der Waals surface area contributed by atoms with E-state index in [1.54, 1.807) is 22.3 Å². The van der Waals surface area contributed by atoms with Gasteiger partial charge in [0.25, 0.3) is 0 Å². The summed E-state index contributed by atoms with van der Waals surface area (Å²) in [5.41, 5.74) is 10.8. The monoisotopic (exact) mass is 570 g/mol. The van der Waals surface area contributed by atoms with E-state index in [0.29, 0.717) is 0 Å². The number of aliphatic hydroxyl groups excluding tert-OH is 2. The molecule has 0 spiro atoms. The Morgan fingerprint density at radius 3 is 1.38 bits per heavy atom. The molecule has 0 bridgehead atoms. The van der Waals surface area contributed by atoms with Crippen molar-refractivity contribution in [3.63, 3.8) is 0 Å². The summed E-state index contributed by atoms with van der Waals surface area (Å²) in [5.74, 6) is 5.60. The van der Waals surface area contributed by atoms with E-state index in [0.717, 1.165) is 24.0 Å². The zero-order valence-electron chi connectivity index (χ0n) is 28.3. The van der Waals surface area contributed by atoms with Gasteiger partial charge in [-0.25, -0.2) is 0 Å². The fraction of sp³-hybridized carbons (Fsp3) is 0.550. The molecule has 0 fully saturated rings. The van der Waals surface area contributed by atoms with Crippen molar-refractivity contribution >= 4 is 0 Å². The Bertz CT molecular complexity index is 1160. The van der Waals surface area contributed by atoms with Crippen LogP contribution in [-0.4, -0.2) is 22.4 Å². The Balaban J connectivity index is 1.92. The first kappa shape index (κ1) is 35.6. The topological polar surface area (TPSA) is 40.5 Å². The van der Waals surface area contributed by atoms with Crippen LogP contribution in [0.3, 0.4) is 0 Å². The van der Waals surface area contributed by atoms with Gasteiger partial charge in [0.15, 0.2) is 0 Å². The summed E-state index contributed by atoms with van der Waals surface area (Å²) in [4.78, 5) is 0. The zero-order chi connectivity index (χ0) is 31.5. The number of hydrogen-bond donors (Lipinski definition) is 2. The summed E-state index contributed by atoms with van der Waals surface area (Å²) in [5, 5.41) is 21.0. The fourth-order valence-corrected chi connectivity index (χ4v) is 6.18. The molecule has 2 aliphatic rings. The second-order valence-corrected chi connectivity index (χ2v) is 13.9. The van der Waals surface area contributed by atoms with Gasteiger partial charge in [-0.3, -0.25) is 0 Å². The summed E-state index contributed by atoms with van der Waals surface area (Å²) in [7, 11) is 0. The molecular weight excluding hydrogens is 512 g/mol. The molecule has 0 aromatic rings. The van der Waals surface area contributed by atoms with Crippen molar-refractivity contribution in [1.29, 1.82) is 0 Å². The second-order valence-electron chi connectivity index (χ2n) is 13.9. The third-order valence-electron chi connectivity index (χ3n) is 9.28. The summed E-state index contributed by atoms with van der Waals surface area (Å²) >= 11 is 0. The summed E-state index contributed by atoms with van der Waals surface area (Å²) in [6.45, 7) is 22.0. The molecule has 0 aromatic heterocycles. The first-order chi connectivity index (χ1) is 19.6. The molecule has 2 nitrogen and oxygen atoms in total. The Labute approximate surface area is 258 Å². The molecule has 0 heterocycles. The van der Waals surface area contributed by atoms with Gasteiger partial charge in [0.05, 0.1) is 0 Å². The van der Waals surface area contributed by atoms with E-state index in [4.69, 9.17) is 0 Å². The molecule has 230 valence electrons. The first-order valence-electron chi connectivity index (χ1n) is 15.9. The lowest BCUT2D eigenvalue weighted by molar-refractivity contribution is 0.258. The molecule has 0 amide bonds. The summed E-state index contributed by atoms with van der Waals surface area (Å²) < 4.78 is 0. The maximum Gasteiger partial charge on any atom is 0.136 e. The van der Waals surface area contributed by atoms with Crippen LogP contribution in [0.4, 0.5) is 0 Å². The summed E-state index contributed by atoms with van der Waals surface area (Å²) in [6, 6.07) is 0. The molecule has 0 saturated heterocycles. The van der Waals surface area contributed by atoms with Crippen LogP contribution in [0.25, 0.3) is 0 Å². The molecule has 2 aliphatic carbocycles. The van der Waals surface area contributed by atoms with Gasteiger partial charge in [-0.2, -0.15) is 0 Å². The predicted octanol–water partition coefficient (Wildman–Crippen LogP) is 10.4. The van der Waals surface area contributed by atoms with Crippen molar-refractivity contribution in [3.8, 4) is 11.8 Å². The minimum atomic E-state index is -0.917. The van der Waals surface area contributed by atoms with Crippen LogP contribution in [0.2, 0.25) is 0 Å². The SMILES string of the molecule is CC1=C(C/C=C(C)/C=C/C=C(\C)C(O)C#CC(O)/C(C)=C/C=C/C(C)=C/CC2=C(C)CCCC2(C)C)C(C)(C)CCC1. The van der Waals surface area contributed by atoms with Crippen LogP contribution in [0.5, 0.6) is 0 Å². The Morgan fingerprint density at radius 2 is 1.05 bits per heavy atom. The van der Waals surface area contributed by atoms with Gasteiger partial charge < -0.3 is 10.2 Å². The lowest BCUT2D eigenvalue weighted by Gasteiger charge is -2.34. The van der Waals surface area contributed by atoms with E-state index >= 15 is 0 Å². The van der Waals surface area contributed by atoms with Crippen molar-refractivity contribution in [2.45, 2.75) is 133 Å². The van der Waals surface area contributed by atoms with Gasteiger partial charge >= 0.3 is 0 Å². The van der Waals surface area contributed by atoms with Gasteiger partial charge in [0.1, 0.15) is 12.2 Å². The smallest absolute Gasteiger partial charge is 0.136 e. The third kappa shape index (κ3) is 11.2. The quantitative estimate of drug-likeness (QED) is 0.156. The van der Waals surface area contributed by atoms with E-state index in [1.165, 1.54) is 49.7 Å². The van der Waals surface area contributed by atoms with Crippen LogP contribution in [0, 0.1) is 22.7 Å². The molecule has 2 N–H and O–H groups in total. The number of aliphatic hydroxyl groups is 2. The fourth-order valence-electron chi connectivity index (χ4n) is 6.18. The number of hydrogen-bond acceptors (Lipinski definition) is 2. The van der Waals surface area contributed by atoms with Crippen LogP contribution < -0.4 is 0 Å². The van der Waals surface area contributed by atoms with E-state index in [9.17, 15) is 10.2 Å². The molecule has 42 heavy (non-hydrogen) atoms. The average molecular weight is 571 g/mol. The van der Waals surface area contributed by atoms with E-state index in [1.807, 2.05) is 38.2 Å². The van der Waals surface area contributed by atoms with Gasteiger partial charge in [-0.15, -0.1) is 0 Å². The molecule has 2 heteroatoms. The second kappa shape index (κ2) is 16.3. The standard InChI is InChI=1S/C40H58O2/c1-29(21-23-35-31(3)19-13-27-39(35,7)8)15-11-17-33(5)37(41)25-26-38(42)34(6)18-12-16-30(2)22-24-36-32(4)20-14-28-40(36,9)10/h11-12,15-18,21-22,37-38,41-42H,13-14,19-20,23-24,27-28H2,1-10H3/b15-11+,16-12+,29-21+,30-22+,33-17+,34-18+. The maximum atomic E-state index is 10.5. The lowest BCUT2D eigenvalue weighted by atomic mass is 9.71. The van der Waals surface area contributed by atoms with Crippen LogP contribution in [0.1, 0.15) is 121 Å². The minimum absolute atomic E-state index is 0.287. The average Bonchev–Trinajstić information content (AvgIpc) is 2.90. The Kier molecular flexibility index (Phi) is 13.8. The normalized spacial score (nSPS) is 22.1. The van der Waals surface area contributed by atoms with E-state index in [-0.39, 0.29) is 10.8 Å². The highest BCUT2D eigenvalue weighted by Gasteiger charge is 2.28. The predicted molar refractivity (Wildman–Crippen MR) is 183 cm³/mol. The highest BCUT2D eigenvalue weighted by atomic mass is 16.3. The van der Waals surface area contributed by atoms with Gasteiger partial charge in [-0.1, -0.05) is 122 Å². The number of rotatable bonds is 10. The summed E-state index contributed by atoms with van der Waals surface area (Å²) in [6.07, 6.45) is 24.2. The van der Waals surface area contributed by atoms with E-state index in [2.05, 4.69) is 91.5 Å². The van der Waals surface area contributed by atoms with Crippen molar-refractivity contribution in [3.05, 3.63) is 93.2 Å². The Hall–Kier alpha value is -2.60. The molecule has 2 rings (SSSR count). The maximum absolute atomic E-state index is 10.5. The van der Waals surface area contributed by atoms with Crippen molar-refractivity contribution < 1.29 is 10.2 Å². The van der Waals surface area contributed by atoms with Crippen molar-refractivity contribution in [2.75, 3.05) is 0 Å². The van der Waals surface area contributed by atoms with Crippen LogP contribution in [-0.2, 0) is 0 Å². The van der Waals surface area contributed by atoms with Gasteiger partial charge in [0, 0.05) is 0 Å². The molecule has 0 aliphatic heterocycles. The largest absolute Gasteiger partial charge is 0.376 e. The highest BCUT2D eigenvalue weighted by molar-refractivity contribution is 5.33. The van der Waals surface area contributed by atoms with Crippen LogP contribution in [0.15, 0.2) is 93.2 Å². The van der Waals surface area contributed by atoms with Gasteiger partial charge in [-0.05, 0) is 115 Å². The zero-order valence-corrected chi connectivity index (χ0v) is 28.3. The molecule has 0 aromatic carbocycles. The van der Waals surface area contributed by atoms with Gasteiger partial charge in [0.2, 0.25) is 0 Å². The highest BCUT2D eigenvalue weighted by Crippen LogP contribution is 2.43. The van der Waals surface area contributed by atoms with Crippen molar-refractivity contribution in [2.24, 2.45) is 10.8 Å². The van der Waals surface area contributed by atoms with E-state index < -0.39 is 12.2 Å².